The first-order valence-corrected chi connectivity index (χ1v) is 16.3. The van der Waals surface area contributed by atoms with E-state index in [4.69, 9.17) is 9.47 Å². The third-order valence-corrected chi connectivity index (χ3v) is 9.69. The summed E-state index contributed by atoms with van der Waals surface area (Å²) in [5.41, 5.74) is 2.21. The van der Waals surface area contributed by atoms with E-state index in [-0.39, 0.29) is 22.4 Å². The molecule has 3 aliphatic heterocycles. The van der Waals surface area contributed by atoms with Gasteiger partial charge in [0.1, 0.15) is 16.8 Å². The lowest BCUT2D eigenvalue weighted by Crippen LogP contribution is -2.36. The van der Waals surface area contributed by atoms with Crippen molar-refractivity contribution in [3.05, 3.63) is 94.5 Å². The van der Waals surface area contributed by atoms with Gasteiger partial charge in [0, 0.05) is 31.9 Å². The normalized spacial score (nSPS) is 17.5. The molecule has 8 rings (SSSR count). The van der Waals surface area contributed by atoms with Crippen molar-refractivity contribution in [1.29, 1.82) is 0 Å². The summed E-state index contributed by atoms with van der Waals surface area (Å²) in [4.78, 5) is 32.0. The summed E-state index contributed by atoms with van der Waals surface area (Å²) in [5, 5.41) is 8.26. The van der Waals surface area contributed by atoms with Crippen molar-refractivity contribution in [2.24, 2.45) is 0 Å². The largest absolute Gasteiger partial charge is 0.451 e. The van der Waals surface area contributed by atoms with Crippen molar-refractivity contribution in [3.8, 4) is 17.2 Å². The maximum atomic E-state index is 16.3. The molecule has 1 amide bonds. The van der Waals surface area contributed by atoms with Gasteiger partial charge in [-0.05, 0) is 74.0 Å². The summed E-state index contributed by atoms with van der Waals surface area (Å²) >= 11 is 0. The van der Waals surface area contributed by atoms with Crippen LogP contribution in [-0.4, -0.2) is 67.9 Å². The number of hydrogen-bond donors (Lipinski definition) is 2. The van der Waals surface area contributed by atoms with Gasteiger partial charge >= 0.3 is 0 Å². The van der Waals surface area contributed by atoms with Crippen LogP contribution in [0.5, 0.6) is 11.5 Å². The molecule has 0 saturated carbocycles. The van der Waals surface area contributed by atoms with Gasteiger partial charge in [-0.1, -0.05) is 36.4 Å². The number of carbonyl (C=O) groups excluding carboxylic acids is 1. The predicted octanol–water partition coefficient (Wildman–Crippen LogP) is 6.18. The highest BCUT2D eigenvalue weighted by molar-refractivity contribution is 6.02. The molecule has 4 heterocycles. The van der Waals surface area contributed by atoms with Gasteiger partial charge in [-0.25, -0.2) is 4.39 Å². The highest BCUT2D eigenvalue weighted by Gasteiger charge is 2.30. The minimum absolute atomic E-state index is 0.0398. The summed E-state index contributed by atoms with van der Waals surface area (Å²) in [6.45, 7) is 4.14. The molecule has 0 aliphatic carbocycles. The zero-order valence-corrected chi connectivity index (χ0v) is 26.2. The van der Waals surface area contributed by atoms with Crippen LogP contribution in [0.15, 0.2) is 77.7 Å². The van der Waals surface area contributed by atoms with Crippen LogP contribution in [0.2, 0.25) is 0 Å². The molecular weight excluding hydrogens is 597 g/mol. The Bertz CT molecular complexity index is 2090. The molecule has 2 saturated heterocycles. The lowest BCUT2D eigenvalue weighted by atomic mass is 10.0. The van der Waals surface area contributed by atoms with Crippen molar-refractivity contribution >= 4 is 44.6 Å². The smallest absolute Gasteiger partial charge is 0.256 e. The molecule has 10 heteroatoms. The number of aromatic nitrogens is 1. The van der Waals surface area contributed by atoms with Crippen LogP contribution < -0.4 is 25.7 Å². The van der Waals surface area contributed by atoms with Crippen LogP contribution in [0, 0.1) is 5.82 Å². The van der Waals surface area contributed by atoms with Crippen molar-refractivity contribution in [2.75, 3.05) is 56.7 Å². The number of para-hydroxylation sites is 2. The van der Waals surface area contributed by atoms with E-state index in [9.17, 15) is 9.59 Å². The van der Waals surface area contributed by atoms with Gasteiger partial charge in [-0.2, -0.15) is 0 Å². The predicted molar refractivity (Wildman–Crippen MR) is 182 cm³/mol. The van der Waals surface area contributed by atoms with Crippen LogP contribution in [0.4, 0.5) is 21.5 Å². The van der Waals surface area contributed by atoms with Crippen LogP contribution in [0.3, 0.4) is 0 Å². The molecule has 47 heavy (non-hydrogen) atoms. The zero-order chi connectivity index (χ0) is 32.1. The van der Waals surface area contributed by atoms with E-state index in [1.54, 1.807) is 10.8 Å². The fraction of sp³-hybridized carbons (Fsp3) is 0.297. The van der Waals surface area contributed by atoms with Crippen molar-refractivity contribution in [2.45, 2.75) is 25.3 Å². The molecule has 0 spiro atoms. The number of ether oxygens (including phenoxy) is 2. The third-order valence-electron chi connectivity index (χ3n) is 9.69. The van der Waals surface area contributed by atoms with Gasteiger partial charge in [0.25, 0.3) is 5.91 Å². The number of nitrogens with one attached hydrogen (secondary N) is 2. The van der Waals surface area contributed by atoms with E-state index in [1.165, 1.54) is 6.07 Å². The Morgan fingerprint density at radius 3 is 2.53 bits per heavy atom. The number of morpholine rings is 1. The molecule has 1 aromatic heterocycles. The molecule has 1 atom stereocenters. The molecule has 2 N–H and O–H groups in total. The van der Waals surface area contributed by atoms with E-state index < -0.39 is 17.2 Å². The number of carbonyl (C=O) groups is 1. The zero-order valence-electron chi connectivity index (χ0n) is 26.2. The lowest BCUT2D eigenvalue weighted by Gasteiger charge is -2.31. The molecule has 4 aromatic carbocycles. The van der Waals surface area contributed by atoms with Crippen molar-refractivity contribution in [3.63, 3.8) is 0 Å². The maximum absolute atomic E-state index is 16.3. The quantitative estimate of drug-likeness (QED) is 0.217. The Kier molecular flexibility index (Phi) is 7.54. The van der Waals surface area contributed by atoms with Gasteiger partial charge in [0.2, 0.25) is 5.43 Å². The number of rotatable bonds is 7. The summed E-state index contributed by atoms with van der Waals surface area (Å²) in [6, 6.07) is 21.1. The highest BCUT2D eigenvalue weighted by Crippen LogP contribution is 2.47. The van der Waals surface area contributed by atoms with E-state index in [1.807, 2.05) is 60.7 Å². The van der Waals surface area contributed by atoms with Crippen LogP contribution in [-0.2, 0) is 4.74 Å². The number of amides is 1. The van der Waals surface area contributed by atoms with Crippen LogP contribution in [0.1, 0.15) is 29.6 Å². The first-order valence-electron chi connectivity index (χ1n) is 16.3. The van der Waals surface area contributed by atoms with E-state index in [2.05, 4.69) is 27.5 Å². The number of pyridine rings is 1. The van der Waals surface area contributed by atoms with Gasteiger partial charge in [0.15, 0.2) is 17.3 Å². The maximum Gasteiger partial charge on any atom is 0.256 e. The molecule has 5 aromatic rings. The van der Waals surface area contributed by atoms with Gasteiger partial charge < -0.3 is 34.5 Å². The highest BCUT2D eigenvalue weighted by atomic mass is 19.1. The Hall–Kier alpha value is -4.93. The van der Waals surface area contributed by atoms with Crippen molar-refractivity contribution in [1.82, 2.24) is 14.8 Å². The van der Waals surface area contributed by atoms with Gasteiger partial charge in [0.05, 0.1) is 35.7 Å². The Balaban J connectivity index is 1.25. The molecule has 3 aliphatic rings. The Morgan fingerprint density at radius 1 is 0.979 bits per heavy atom. The average molecular weight is 634 g/mol. The fourth-order valence-electron chi connectivity index (χ4n) is 7.17. The second-order valence-corrected chi connectivity index (χ2v) is 12.5. The molecule has 9 nitrogen and oxygen atoms in total. The first kappa shape index (κ1) is 29.5. The Morgan fingerprint density at radius 2 is 1.74 bits per heavy atom. The number of benzene rings is 4. The molecule has 0 bridgehead atoms. The summed E-state index contributed by atoms with van der Waals surface area (Å²) in [7, 11) is 2.10. The van der Waals surface area contributed by atoms with E-state index in [0.717, 1.165) is 42.3 Å². The standard InChI is InChI=1S/C37H36FN5O4/c1-41-14-6-9-25(41)12-13-39-37(45)27-22-43-31-19-23-7-2-3-8-24(23)20-32(31)47-36-33(28(38)21-26(34(36)43)35(27)44)40-29-10-4-5-11-30(29)42-15-17-46-18-16-42/h2-5,7-8,10-11,19-22,25,40H,6,9,12-18H2,1H3,(H,39,45). The van der Waals surface area contributed by atoms with Gasteiger partial charge in [-0.15, -0.1) is 0 Å². The molecule has 1 unspecified atom stereocenters. The van der Waals surface area contributed by atoms with E-state index in [0.29, 0.717) is 61.5 Å². The number of nitrogens with zero attached hydrogens (tertiary/aromatic N) is 3. The van der Waals surface area contributed by atoms with E-state index >= 15 is 4.39 Å². The lowest BCUT2D eigenvalue weighted by molar-refractivity contribution is 0.0949. The number of likely N-dealkylation sites (tertiary alicyclic amines) is 1. The SMILES string of the molecule is CN1CCCC1CCNC(=O)c1cn2c3c(c(Nc4ccccc4N4CCOCC4)c(F)cc3c1=O)Oc1cc3ccccc3cc1-2. The molecular formula is C37H36FN5O4. The average Bonchev–Trinajstić information content (AvgIpc) is 3.51. The number of halogens is 1. The summed E-state index contributed by atoms with van der Waals surface area (Å²) in [5.74, 6) is -0.447. The third kappa shape index (κ3) is 5.27. The first-order chi connectivity index (χ1) is 23.0. The fourth-order valence-corrected chi connectivity index (χ4v) is 7.17. The van der Waals surface area contributed by atoms with Crippen LogP contribution in [0.25, 0.3) is 27.4 Å². The Labute approximate surface area is 271 Å². The monoisotopic (exact) mass is 633 g/mol. The van der Waals surface area contributed by atoms with Crippen LogP contribution >= 0.6 is 0 Å². The molecule has 240 valence electrons. The number of hydrogen-bond acceptors (Lipinski definition) is 7. The molecule has 0 radical (unpaired) electrons. The van der Waals surface area contributed by atoms with Crippen molar-refractivity contribution < 1.29 is 18.7 Å². The molecule has 2 fully saturated rings. The summed E-state index contributed by atoms with van der Waals surface area (Å²) < 4.78 is 30.2. The van der Waals surface area contributed by atoms with Gasteiger partial charge in [-0.3, -0.25) is 9.59 Å². The summed E-state index contributed by atoms with van der Waals surface area (Å²) in [6.07, 6.45) is 4.61. The number of fused-ring (bicyclic) bond motifs is 3. The second-order valence-electron chi connectivity index (χ2n) is 12.5. The number of anilines is 3. The topological polar surface area (TPSA) is 88.1 Å². The minimum atomic E-state index is -0.654. The second kappa shape index (κ2) is 12.0. The minimum Gasteiger partial charge on any atom is -0.451 e.